The maximum Gasteiger partial charge on any atom is 0.144 e. The molecule has 0 fully saturated rings. The highest BCUT2D eigenvalue weighted by atomic mass is 35.5. The molecule has 0 unspecified atom stereocenters. The number of benzene rings is 3. The molecule has 134 valence electrons. The van der Waals surface area contributed by atoms with E-state index in [1.807, 2.05) is 36.4 Å². The van der Waals surface area contributed by atoms with Gasteiger partial charge in [0.05, 0.1) is 12.1 Å². The Kier molecular flexibility index (Phi) is 5.42. The third-order valence-electron chi connectivity index (χ3n) is 4.47. The number of aromatic nitrogens is 2. The van der Waals surface area contributed by atoms with Crippen LogP contribution in [0.15, 0.2) is 84.9 Å². The van der Waals surface area contributed by atoms with Crippen LogP contribution in [0.2, 0.25) is 5.15 Å². The van der Waals surface area contributed by atoms with Crippen molar-refractivity contribution in [2.24, 2.45) is 0 Å². The molecule has 0 N–H and O–H groups in total. The Hall–Kier alpha value is -2.75. The minimum atomic E-state index is 0.509. The second-order valence-corrected chi connectivity index (χ2v) is 6.92. The molecule has 0 bridgehead atoms. The van der Waals surface area contributed by atoms with Gasteiger partial charge in [0, 0.05) is 18.5 Å². The van der Waals surface area contributed by atoms with Gasteiger partial charge in [-0.2, -0.15) is 0 Å². The number of para-hydroxylation sites is 1. The minimum absolute atomic E-state index is 0.509. The molecule has 1 heterocycles. The van der Waals surface area contributed by atoms with Crippen LogP contribution in [-0.4, -0.2) is 14.9 Å². The molecule has 0 saturated carbocycles. The van der Waals surface area contributed by atoms with Gasteiger partial charge in [-0.1, -0.05) is 84.4 Å². The topological polar surface area (TPSA) is 29.0 Å². The fraction of sp³-hybridized carbons (Fsp3) is 0.130. The van der Waals surface area contributed by atoms with E-state index in [4.69, 9.17) is 16.6 Å². The van der Waals surface area contributed by atoms with Crippen molar-refractivity contribution in [1.82, 2.24) is 14.9 Å². The van der Waals surface area contributed by atoms with E-state index in [9.17, 15) is 0 Å². The van der Waals surface area contributed by atoms with Gasteiger partial charge >= 0.3 is 0 Å². The molecule has 0 spiro atoms. The van der Waals surface area contributed by atoms with Crippen LogP contribution in [0.5, 0.6) is 0 Å². The van der Waals surface area contributed by atoms with E-state index in [1.165, 1.54) is 11.1 Å². The molecule has 3 aromatic carbocycles. The van der Waals surface area contributed by atoms with Crippen LogP contribution in [0.25, 0.3) is 10.9 Å². The second kappa shape index (κ2) is 8.30. The quantitative estimate of drug-likeness (QED) is 0.419. The van der Waals surface area contributed by atoms with Crippen molar-refractivity contribution in [3.8, 4) is 0 Å². The maximum atomic E-state index is 6.40. The highest BCUT2D eigenvalue weighted by Gasteiger charge is 2.12. The normalized spacial score (nSPS) is 11.2. The summed E-state index contributed by atoms with van der Waals surface area (Å²) in [6.07, 6.45) is 0. The fourth-order valence-electron chi connectivity index (χ4n) is 3.20. The van der Waals surface area contributed by atoms with Crippen molar-refractivity contribution < 1.29 is 0 Å². The van der Waals surface area contributed by atoms with Crippen molar-refractivity contribution in [1.29, 1.82) is 0 Å². The summed E-state index contributed by atoms with van der Waals surface area (Å²) >= 11 is 6.40. The minimum Gasteiger partial charge on any atom is -0.287 e. The Morgan fingerprint density at radius 1 is 0.630 bits per heavy atom. The first-order chi connectivity index (χ1) is 13.3. The van der Waals surface area contributed by atoms with Gasteiger partial charge in [-0.15, -0.1) is 0 Å². The van der Waals surface area contributed by atoms with Crippen LogP contribution in [0.4, 0.5) is 0 Å². The largest absolute Gasteiger partial charge is 0.287 e. The average molecular weight is 374 g/mol. The van der Waals surface area contributed by atoms with Gasteiger partial charge < -0.3 is 0 Å². The Morgan fingerprint density at radius 3 is 1.81 bits per heavy atom. The van der Waals surface area contributed by atoms with E-state index in [-0.39, 0.29) is 0 Å². The number of hydrogen-bond donors (Lipinski definition) is 0. The zero-order valence-electron chi connectivity index (χ0n) is 14.9. The lowest BCUT2D eigenvalue weighted by Gasteiger charge is -2.22. The van der Waals surface area contributed by atoms with Crippen LogP contribution < -0.4 is 0 Å². The van der Waals surface area contributed by atoms with E-state index in [0.717, 1.165) is 29.8 Å². The summed E-state index contributed by atoms with van der Waals surface area (Å²) in [5, 5.41) is 1.40. The summed E-state index contributed by atoms with van der Waals surface area (Å²) in [6.45, 7) is 2.28. The first-order valence-electron chi connectivity index (χ1n) is 8.99. The van der Waals surface area contributed by atoms with Gasteiger partial charge in [0.15, 0.2) is 0 Å². The van der Waals surface area contributed by atoms with Crippen molar-refractivity contribution in [2.75, 3.05) is 0 Å². The molecule has 4 heteroatoms. The predicted molar refractivity (Wildman–Crippen MR) is 110 cm³/mol. The van der Waals surface area contributed by atoms with Crippen LogP contribution in [-0.2, 0) is 19.6 Å². The van der Waals surface area contributed by atoms with Gasteiger partial charge in [-0.3, -0.25) is 4.90 Å². The lowest BCUT2D eigenvalue weighted by atomic mass is 10.1. The zero-order valence-corrected chi connectivity index (χ0v) is 15.7. The fourth-order valence-corrected chi connectivity index (χ4v) is 3.46. The highest BCUT2D eigenvalue weighted by molar-refractivity contribution is 6.34. The third-order valence-corrected chi connectivity index (χ3v) is 4.75. The van der Waals surface area contributed by atoms with E-state index < -0.39 is 0 Å². The Bertz CT molecular complexity index is 978. The molecule has 27 heavy (non-hydrogen) atoms. The summed E-state index contributed by atoms with van der Waals surface area (Å²) in [7, 11) is 0. The predicted octanol–water partition coefficient (Wildman–Crippen LogP) is 5.49. The summed E-state index contributed by atoms with van der Waals surface area (Å²) in [6, 6.07) is 28.8. The third kappa shape index (κ3) is 4.51. The molecule has 4 aromatic rings. The van der Waals surface area contributed by atoms with Crippen molar-refractivity contribution >= 4 is 22.5 Å². The zero-order chi connectivity index (χ0) is 18.5. The summed E-state index contributed by atoms with van der Waals surface area (Å²) in [5.41, 5.74) is 3.41. The molecule has 0 aliphatic carbocycles. The Labute approximate surface area is 164 Å². The molecule has 4 rings (SSSR count). The van der Waals surface area contributed by atoms with Gasteiger partial charge in [0.1, 0.15) is 11.0 Å². The molecule has 0 radical (unpaired) electrons. The van der Waals surface area contributed by atoms with Crippen LogP contribution in [0, 0.1) is 0 Å². The Morgan fingerprint density at radius 2 is 1.19 bits per heavy atom. The molecule has 0 aliphatic rings. The lowest BCUT2D eigenvalue weighted by Crippen LogP contribution is -2.23. The van der Waals surface area contributed by atoms with Crippen LogP contribution >= 0.6 is 11.6 Å². The summed E-state index contributed by atoms with van der Waals surface area (Å²) in [4.78, 5) is 11.6. The molecule has 0 atom stereocenters. The molecular formula is C23H20ClN3. The summed E-state index contributed by atoms with van der Waals surface area (Å²) < 4.78 is 0. The van der Waals surface area contributed by atoms with Crippen LogP contribution in [0.3, 0.4) is 0 Å². The first-order valence-corrected chi connectivity index (χ1v) is 9.37. The number of halogens is 1. The highest BCUT2D eigenvalue weighted by Crippen LogP contribution is 2.21. The number of hydrogen-bond acceptors (Lipinski definition) is 3. The van der Waals surface area contributed by atoms with Gasteiger partial charge in [-0.05, 0) is 23.3 Å². The first kappa shape index (κ1) is 17.7. The van der Waals surface area contributed by atoms with Crippen molar-refractivity contribution in [3.05, 3.63) is 107 Å². The van der Waals surface area contributed by atoms with E-state index in [2.05, 4.69) is 58.4 Å². The molecular weight excluding hydrogens is 354 g/mol. The molecule has 0 saturated heterocycles. The molecule has 0 amide bonds. The monoisotopic (exact) mass is 373 g/mol. The molecule has 3 nitrogen and oxygen atoms in total. The van der Waals surface area contributed by atoms with Gasteiger partial charge in [-0.25, -0.2) is 9.97 Å². The van der Waals surface area contributed by atoms with E-state index >= 15 is 0 Å². The maximum absolute atomic E-state index is 6.40. The number of fused-ring (bicyclic) bond motifs is 1. The number of nitrogens with zero attached hydrogens (tertiary/aromatic N) is 3. The van der Waals surface area contributed by atoms with Crippen LogP contribution in [0.1, 0.15) is 17.0 Å². The molecule has 1 aromatic heterocycles. The second-order valence-electron chi connectivity index (χ2n) is 6.56. The Balaban J connectivity index is 1.62. The van der Waals surface area contributed by atoms with Crippen molar-refractivity contribution in [3.63, 3.8) is 0 Å². The van der Waals surface area contributed by atoms with E-state index in [0.29, 0.717) is 11.7 Å². The standard InChI is InChI=1S/C23H20ClN3/c24-23-20-13-7-8-14-21(20)25-22(26-23)17-27(15-18-9-3-1-4-10-18)16-19-11-5-2-6-12-19/h1-14H,15-17H2. The number of rotatable bonds is 6. The lowest BCUT2D eigenvalue weighted by molar-refractivity contribution is 0.241. The SMILES string of the molecule is Clc1nc(CN(Cc2ccccc2)Cc2ccccc2)nc2ccccc12. The van der Waals surface area contributed by atoms with Gasteiger partial charge in [0.2, 0.25) is 0 Å². The van der Waals surface area contributed by atoms with Gasteiger partial charge in [0.25, 0.3) is 0 Å². The van der Waals surface area contributed by atoms with Crippen molar-refractivity contribution in [2.45, 2.75) is 19.6 Å². The molecule has 0 aliphatic heterocycles. The smallest absolute Gasteiger partial charge is 0.144 e. The van der Waals surface area contributed by atoms with E-state index in [1.54, 1.807) is 0 Å². The summed E-state index contributed by atoms with van der Waals surface area (Å²) in [5.74, 6) is 0.741. The average Bonchev–Trinajstić information content (AvgIpc) is 2.69.